The molecule has 8 rings (SSSR count). The Morgan fingerprint density at radius 1 is 0.944 bits per heavy atom. The van der Waals surface area contributed by atoms with E-state index >= 15 is 0 Å². The number of rotatable bonds is 5. The van der Waals surface area contributed by atoms with Crippen molar-refractivity contribution in [2.24, 2.45) is 5.92 Å². The molecule has 182 valence electrons. The largest absolute Gasteiger partial charge is 0.484 e. The van der Waals surface area contributed by atoms with Gasteiger partial charge in [-0.15, -0.1) is 10.2 Å². The van der Waals surface area contributed by atoms with Gasteiger partial charge in [0.2, 0.25) is 0 Å². The topological polar surface area (TPSA) is 68.4 Å². The molecule has 2 bridgehead atoms. The Kier molecular flexibility index (Phi) is 4.81. The molecule has 0 unspecified atom stereocenters. The normalized spacial score (nSPS) is 25.4. The van der Waals surface area contributed by atoms with Crippen LogP contribution >= 0.6 is 0 Å². The number of benzene rings is 3. The van der Waals surface area contributed by atoms with Crippen LogP contribution in [0.4, 0.5) is 4.39 Å². The van der Waals surface area contributed by atoms with E-state index in [1.54, 1.807) is 6.07 Å². The quantitative estimate of drug-likeness (QED) is 0.417. The maximum absolute atomic E-state index is 13.7. The lowest BCUT2D eigenvalue weighted by Crippen LogP contribution is -2.64. The number of aromatic nitrogens is 2. The number of quaternary nitrogens is 1. The van der Waals surface area contributed by atoms with Crippen LogP contribution < -0.4 is 4.74 Å². The molecule has 6 nitrogen and oxygen atoms in total. The van der Waals surface area contributed by atoms with E-state index in [2.05, 4.69) is 10.2 Å². The third-order valence-electron chi connectivity index (χ3n) is 8.30. The molecule has 4 aliphatic rings. The zero-order valence-corrected chi connectivity index (χ0v) is 19.8. The summed E-state index contributed by atoms with van der Waals surface area (Å²) in [5, 5.41) is 20.7. The van der Waals surface area contributed by atoms with E-state index in [1.165, 1.54) is 12.1 Å². The minimum absolute atomic E-state index is 0.0226. The Bertz CT molecular complexity index is 1400. The van der Waals surface area contributed by atoms with E-state index < -0.39 is 5.60 Å². The Labute approximate surface area is 208 Å². The Hall–Kier alpha value is -3.55. The van der Waals surface area contributed by atoms with Crippen LogP contribution in [-0.2, 0) is 12.1 Å². The molecule has 36 heavy (non-hydrogen) atoms. The third kappa shape index (κ3) is 3.30. The second-order valence-corrected chi connectivity index (χ2v) is 10.4. The van der Waals surface area contributed by atoms with E-state index in [1.807, 2.05) is 54.6 Å². The molecule has 4 heterocycles. The molecule has 1 N–H and O–H groups in total. The van der Waals surface area contributed by atoms with Crippen LogP contribution in [0.15, 0.2) is 77.2 Å². The molecule has 3 aliphatic heterocycles. The lowest BCUT2D eigenvalue weighted by Gasteiger charge is -2.51. The van der Waals surface area contributed by atoms with Crippen LogP contribution in [0.5, 0.6) is 5.75 Å². The van der Waals surface area contributed by atoms with Gasteiger partial charge in [-0.1, -0.05) is 54.6 Å². The van der Waals surface area contributed by atoms with Crippen molar-refractivity contribution in [2.75, 3.05) is 19.6 Å². The Morgan fingerprint density at radius 2 is 1.64 bits per heavy atom. The molecule has 0 saturated carbocycles. The van der Waals surface area contributed by atoms with Crippen molar-refractivity contribution in [2.45, 2.75) is 31.1 Å². The number of hydrogen-bond donors (Lipinski definition) is 1. The molecular formula is C29H27FN3O3+. The lowest BCUT2D eigenvalue weighted by molar-refractivity contribution is -0.959. The van der Waals surface area contributed by atoms with Gasteiger partial charge < -0.3 is 18.7 Å². The van der Waals surface area contributed by atoms with Crippen LogP contribution in [0.3, 0.4) is 0 Å². The van der Waals surface area contributed by atoms with Crippen molar-refractivity contribution in [1.29, 1.82) is 0 Å². The van der Waals surface area contributed by atoms with Gasteiger partial charge in [0.15, 0.2) is 18.2 Å². The predicted molar refractivity (Wildman–Crippen MR) is 130 cm³/mol. The summed E-state index contributed by atoms with van der Waals surface area (Å²) in [6, 6.07) is 22.0. The van der Waals surface area contributed by atoms with E-state index in [-0.39, 0.29) is 17.8 Å². The number of halogens is 1. The Balaban J connectivity index is 1.17. The van der Waals surface area contributed by atoms with Gasteiger partial charge in [0.1, 0.15) is 18.1 Å². The van der Waals surface area contributed by atoms with Gasteiger partial charge in [0.05, 0.1) is 13.1 Å². The van der Waals surface area contributed by atoms with Crippen molar-refractivity contribution in [3.8, 4) is 16.9 Å². The summed E-state index contributed by atoms with van der Waals surface area (Å²) >= 11 is 0. The minimum Gasteiger partial charge on any atom is -0.484 e. The molecule has 7 heteroatoms. The van der Waals surface area contributed by atoms with Gasteiger partial charge in [-0.25, -0.2) is 4.39 Å². The second-order valence-electron chi connectivity index (χ2n) is 10.4. The smallest absolute Gasteiger partial charge is 0.271 e. The van der Waals surface area contributed by atoms with E-state index in [9.17, 15) is 9.50 Å². The summed E-state index contributed by atoms with van der Waals surface area (Å²) in [4.78, 5) is 0. The number of fused-ring (bicyclic) bond motifs is 6. The summed E-state index contributed by atoms with van der Waals surface area (Å²) in [6.07, 6.45) is 2.12. The number of aliphatic hydroxyl groups is 1. The van der Waals surface area contributed by atoms with Crippen LogP contribution in [0.25, 0.3) is 11.1 Å². The summed E-state index contributed by atoms with van der Waals surface area (Å²) in [6.45, 7) is 3.43. The first kappa shape index (κ1) is 21.7. The van der Waals surface area contributed by atoms with Crippen molar-refractivity contribution in [1.82, 2.24) is 10.2 Å². The van der Waals surface area contributed by atoms with Crippen LogP contribution in [0, 0.1) is 11.7 Å². The molecule has 0 radical (unpaired) electrons. The van der Waals surface area contributed by atoms with Gasteiger partial charge in [-0.2, -0.15) is 0 Å². The lowest BCUT2D eigenvalue weighted by atomic mass is 9.83. The zero-order valence-electron chi connectivity index (χ0n) is 19.8. The molecule has 4 aromatic rings. The minimum atomic E-state index is -1.48. The first-order chi connectivity index (χ1) is 17.5. The second kappa shape index (κ2) is 7.98. The fourth-order valence-corrected chi connectivity index (χ4v) is 6.49. The average Bonchev–Trinajstić information content (AvgIpc) is 3.47. The van der Waals surface area contributed by atoms with Crippen molar-refractivity contribution >= 4 is 0 Å². The monoisotopic (exact) mass is 484 g/mol. The average molecular weight is 485 g/mol. The summed E-state index contributed by atoms with van der Waals surface area (Å²) in [5.41, 5.74) is 2.00. The SMILES string of the molecule is OC1(c2nnc(C[N+]34CCC(CC3)[C@@H](Oc3cccc(F)c3)C4)o2)c2ccccc2-c2ccccc21. The third-order valence-corrected chi connectivity index (χ3v) is 8.30. The highest BCUT2D eigenvalue weighted by Crippen LogP contribution is 2.50. The van der Waals surface area contributed by atoms with Gasteiger partial charge in [0, 0.05) is 36.0 Å². The first-order valence-corrected chi connectivity index (χ1v) is 12.6. The summed E-state index contributed by atoms with van der Waals surface area (Å²) in [7, 11) is 0. The molecule has 1 aromatic heterocycles. The van der Waals surface area contributed by atoms with Gasteiger partial charge in [0.25, 0.3) is 11.8 Å². The first-order valence-electron chi connectivity index (χ1n) is 12.6. The standard InChI is InChI=1S/C29H27FN3O3/c30-20-6-5-7-21(16-20)35-26-17-33(14-12-19(26)13-15-33)18-27-31-32-28(36-27)29(34)24-10-3-1-8-22(24)23-9-2-4-11-25(23)29/h1-11,16,19,26,34H,12-15,17-18H2/q+1/t19?,26-,33?/m0/s1. The van der Waals surface area contributed by atoms with Crippen molar-refractivity contribution < 1.29 is 23.1 Å². The van der Waals surface area contributed by atoms with Gasteiger partial charge in [-0.3, -0.25) is 0 Å². The maximum Gasteiger partial charge on any atom is 0.271 e. The van der Waals surface area contributed by atoms with E-state index in [4.69, 9.17) is 9.15 Å². The molecule has 0 amide bonds. The van der Waals surface area contributed by atoms with Gasteiger partial charge >= 0.3 is 0 Å². The van der Waals surface area contributed by atoms with Crippen LogP contribution in [0.2, 0.25) is 0 Å². The summed E-state index contributed by atoms with van der Waals surface area (Å²) < 4.78 is 27.0. The summed E-state index contributed by atoms with van der Waals surface area (Å²) in [5.74, 6) is 1.48. The highest BCUT2D eigenvalue weighted by Gasteiger charge is 2.50. The molecule has 1 atom stereocenters. The number of ether oxygens (including phenoxy) is 1. The molecule has 3 saturated heterocycles. The number of piperidine rings is 3. The zero-order chi connectivity index (χ0) is 24.3. The number of nitrogens with zero attached hydrogens (tertiary/aromatic N) is 3. The maximum atomic E-state index is 13.7. The molecule has 3 aromatic carbocycles. The molecule has 3 fully saturated rings. The fraction of sp³-hybridized carbons (Fsp3) is 0.310. The Morgan fingerprint density at radius 3 is 2.33 bits per heavy atom. The highest BCUT2D eigenvalue weighted by molar-refractivity contribution is 5.81. The van der Waals surface area contributed by atoms with Crippen molar-refractivity contribution in [3.05, 3.63) is 102 Å². The molecule has 0 spiro atoms. The van der Waals surface area contributed by atoms with Crippen molar-refractivity contribution in [3.63, 3.8) is 0 Å². The van der Waals surface area contributed by atoms with Crippen LogP contribution in [0.1, 0.15) is 35.7 Å². The highest BCUT2D eigenvalue weighted by atomic mass is 19.1. The van der Waals surface area contributed by atoms with E-state index in [0.29, 0.717) is 24.1 Å². The molecule has 1 aliphatic carbocycles. The predicted octanol–water partition coefficient (Wildman–Crippen LogP) is 4.66. The fourth-order valence-electron chi connectivity index (χ4n) is 6.49. The van der Waals surface area contributed by atoms with Crippen LogP contribution in [-0.4, -0.2) is 45.5 Å². The number of hydrogen-bond acceptors (Lipinski definition) is 5. The van der Waals surface area contributed by atoms with E-state index in [0.717, 1.165) is 59.2 Å². The molecular weight excluding hydrogens is 457 g/mol. The van der Waals surface area contributed by atoms with Gasteiger partial charge in [-0.05, 0) is 23.3 Å².